The van der Waals surface area contributed by atoms with Gasteiger partial charge in [-0.2, -0.15) is 0 Å². The summed E-state index contributed by atoms with van der Waals surface area (Å²) in [5, 5.41) is 2.83. The second-order valence-corrected chi connectivity index (χ2v) is 6.78. The van der Waals surface area contributed by atoms with Crippen molar-refractivity contribution in [2.75, 3.05) is 31.1 Å². The van der Waals surface area contributed by atoms with Crippen LogP contribution in [0, 0.1) is 0 Å². The molecule has 1 N–H and O–H groups in total. The molecule has 0 aromatic rings. The maximum Gasteiger partial charge on any atom is 0.220 e. The van der Waals surface area contributed by atoms with E-state index in [1.165, 1.54) is 0 Å². The molecule has 2 heterocycles. The first-order chi connectivity index (χ1) is 7.57. The fraction of sp³-hybridized carbons (Fsp3) is 0.900. The Hall–Kier alpha value is -0.620. The fourth-order valence-corrected chi connectivity index (χ4v) is 4.17. The molecule has 2 rings (SSSR count). The Labute approximate surface area is 96.1 Å². The van der Waals surface area contributed by atoms with Gasteiger partial charge in [-0.1, -0.05) is 0 Å². The van der Waals surface area contributed by atoms with Gasteiger partial charge >= 0.3 is 0 Å². The van der Waals surface area contributed by atoms with Gasteiger partial charge in [0.05, 0.1) is 11.5 Å². The van der Waals surface area contributed by atoms with Gasteiger partial charge in [0.15, 0.2) is 9.84 Å². The molecule has 2 fully saturated rings. The average Bonchev–Trinajstić information content (AvgIpc) is 2.52. The number of amides is 1. The van der Waals surface area contributed by atoms with Gasteiger partial charge in [0.2, 0.25) is 5.91 Å². The van der Waals surface area contributed by atoms with Crippen molar-refractivity contribution in [3.8, 4) is 0 Å². The van der Waals surface area contributed by atoms with Crippen LogP contribution in [0.4, 0.5) is 0 Å². The van der Waals surface area contributed by atoms with E-state index in [4.69, 9.17) is 0 Å². The van der Waals surface area contributed by atoms with Crippen LogP contribution in [0.3, 0.4) is 0 Å². The largest absolute Gasteiger partial charge is 0.355 e. The highest BCUT2D eigenvalue weighted by Crippen LogP contribution is 2.18. The molecule has 1 unspecified atom stereocenters. The molecule has 0 aromatic carbocycles. The Balaban J connectivity index is 1.92. The molecule has 1 amide bonds. The molecule has 0 spiro atoms. The summed E-state index contributed by atoms with van der Waals surface area (Å²) in [4.78, 5) is 13.4. The third-order valence-corrected chi connectivity index (χ3v) is 5.05. The van der Waals surface area contributed by atoms with Gasteiger partial charge < -0.3 is 5.32 Å². The first kappa shape index (κ1) is 11.9. The number of nitrogens with zero attached hydrogens (tertiary/aromatic N) is 1. The molecule has 92 valence electrons. The van der Waals surface area contributed by atoms with Gasteiger partial charge in [-0.3, -0.25) is 9.69 Å². The molecule has 2 saturated heterocycles. The van der Waals surface area contributed by atoms with Crippen LogP contribution in [0.2, 0.25) is 0 Å². The SMILES string of the molecule is O=C1CCCN(C2CCS(=O)(=O)C2)CCN1. The van der Waals surface area contributed by atoms with Crippen molar-refractivity contribution in [2.45, 2.75) is 25.3 Å². The van der Waals surface area contributed by atoms with Crippen LogP contribution in [0.1, 0.15) is 19.3 Å². The molecule has 0 bridgehead atoms. The molecule has 0 aromatic heterocycles. The molecule has 2 aliphatic heterocycles. The van der Waals surface area contributed by atoms with E-state index in [2.05, 4.69) is 10.2 Å². The minimum atomic E-state index is -2.81. The summed E-state index contributed by atoms with van der Waals surface area (Å²) in [6, 6.07) is 0.167. The highest BCUT2D eigenvalue weighted by Gasteiger charge is 2.32. The van der Waals surface area contributed by atoms with Crippen LogP contribution in [-0.2, 0) is 14.6 Å². The van der Waals surface area contributed by atoms with Crippen molar-refractivity contribution in [3.63, 3.8) is 0 Å². The lowest BCUT2D eigenvalue weighted by atomic mass is 10.1. The van der Waals surface area contributed by atoms with Crippen LogP contribution in [0.5, 0.6) is 0 Å². The van der Waals surface area contributed by atoms with Crippen molar-refractivity contribution < 1.29 is 13.2 Å². The highest BCUT2D eigenvalue weighted by molar-refractivity contribution is 7.91. The summed E-state index contributed by atoms with van der Waals surface area (Å²) in [6.45, 7) is 2.24. The minimum absolute atomic E-state index is 0.110. The Morgan fingerprint density at radius 2 is 2.12 bits per heavy atom. The monoisotopic (exact) mass is 246 g/mol. The summed E-state index contributed by atoms with van der Waals surface area (Å²) < 4.78 is 22.8. The number of rotatable bonds is 1. The van der Waals surface area contributed by atoms with E-state index >= 15 is 0 Å². The summed E-state index contributed by atoms with van der Waals surface area (Å²) >= 11 is 0. The number of hydrogen-bond acceptors (Lipinski definition) is 4. The van der Waals surface area contributed by atoms with E-state index in [1.807, 2.05) is 0 Å². The van der Waals surface area contributed by atoms with Gasteiger partial charge in [-0.05, 0) is 19.4 Å². The van der Waals surface area contributed by atoms with Gasteiger partial charge in [-0.15, -0.1) is 0 Å². The zero-order chi connectivity index (χ0) is 11.6. The first-order valence-corrected chi connectivity index (χ1v) is 7.60. The van der Waals surface area contributed by atoms with Crippen molar-refractivity contribution in [3.05, 3.63) is 0 Å². The Morgan fingerprint density at radius 1 is 1.31 bits per heavy atom. The van der Waals surface area contributed by atoms with E-state index < -0.39 is 9.84 Å². The van der Waals surface area contributed by atoms with Gasteiger partial charge in [0, 0.05) is 25.6 Å². The normalized spacial score (nSPS) is 31.8. The number of carbonyl (C=O) groups is 1. The van der Waals surface area contributed by atoms with Crippen LogP contribution in [0.15, 0.2) is 0 Å². The molecule has 16 heavy (non-hydrogen) atoms. The molecule has 6 heteroatoms. The number of carbonyl (C=O) groups excluding carboxylic acids is 1. The maximum atomic E-state index is 11.4. The maximum absolute atomic E-state index is 11.4. The van der Waals surface area contributed by atoms with Crippen molar-refractivity contribution >= 4 is 15.7 Å². The van der Waals surface area contributed by atoms with E-state index in [0.717, 1.165) is 25.9 Å². The Kier molecular flexibility index (Phi) is 3.49. The minimum Gasteiger partial charge on any atom is -0.355 e. The van der Waals surface area contributed by atoms with E-state index in [-0.39, 0.29) is 11.9 Å². The third kappa shape index (κ3) is 2.95. The highest BCUT2D eigenvalue weighted by atomic mass is 32.2. The van der Waals surface area contributed by atoms with E-state index in [0.29, 0.717) is 24.5 Å². The van der Waals surface area contributed by atoms with Crippen LogP contribution in [0.25, 0.3) is 0 Å². The lowest BCUT2D eigenvalue weighted by molar-refractivity contribution is -0.121. The van der Waals surface area contributed by atoms with Gasteiger partial charge in [0.1, 0.15) is 0 Å². The molecule has 1 atom stereocenters. The van der Waals surface area contributed by atoms with Gasteiger partial charge in [0.25, 0.3) is 0 Å². The molecule has 0 radical (unpaired) electrons. The van der Waals surface area contributed by atoms with E-state index in [9.17, 15) is 13.2 Å². The van der Waals surface area contributed by atoms with Crippen molar-refractivity contribution in [1.29, 1.82) is 0 Å². The lowest BCUT2D eigenvalue weighted by Gasteiger charge is -2.29. The smallest absolute Gasteiger partial charge is 0.220 e. The molecule has 0 saturated carbocycles. The standard InChI is InChI=1S/C10H18N2O3S/c13-10-2-1-5-12(6-4-11-10)9-3-7-16(14,15)8-9/h9H,1-8H2,(H,11,13). The molecular weight excluding hydrogens is 228 g/mol. The summed E-state index contributed by atoms with van der Waals surface area (Å²) in [5.74, 6) is 0.722. The Morgan fingerprint density at radius 3 is 2.81 bits per heavy atom. The van der Waals surface area contributed by atoms with Crippen molar-refractivity contribution in [2.24, 2.45) is 0 Å². The summed E-state index contributed by atoms with van der Waals surface area (Å²) in [5.41, 5.74) is 0. The second kappa shape index (κ2) is 4.71. The Bertz CT molecular complexity index is 354. The zero-order valence-electron chi connectivity index (χ0n) is 9.31. The van der Waals surface area contributed by atoms with Crippen LogP contribution >= 0.6 is 0 Å². The predicted octanol–water partition coefficient (Wildman–Crippen LogP) is -0.614. The molecule has 5 nitrogen and oxygen atoms in total. The number of hydrogen-bond donors (Lipinski definition) is 1. The third-order valence-electron chi connectivity index (χ3n) is 3.30. The number of nitrogens with one attached hydrogen (secondary N) is 1. The van der Waals surface area contributed by atoms with Crippen molar-refractivity contribution in [1.82, 2.24) is 10.2 Å². The van der Waals surface area contributed by atoms with Crippen LogP contribution in [-0.4, -0.2) is 56.4 Å². The number of sulfone groups is 1. The predicted molar refractivity (Wildman–Crippen MR) is 60.9 cm³/mol. The van der Waals surface area contributed by atoms with E-state index in [1.54, 1.807) is 0 Å². The fourth-order valence-electron chi connectivity index (χ4n) is 2.41. The van der Waals surface area contributed by atoms with Crippen LogP contribution < -0.4 is 5.32 Å². The summed E-state index contributed by atoms with van der Waals surface area (Å²) in [7, 11) is -2.81. The molecular formula is C10H18N2O3S. The molecule has 0 aliphatic carbocycles. The molecule has 2 aliphatic rings. The van der Waals surface area contributed by atoms with Gasteiger partial charge in [-0.25, -0.2) is 8.42 Å². The quantitative estimate of drug-likeness (QED) is 0.670. The zero-order valence-corrected chi connectivity index (χ0v) is 10.1. The topological polar surface area (TPSA) is 66.5 Å². The lowest BCUT2D eigenvalue weighted by Crippen LogP contribution is -2.44. The first-order valence-electron chi connectivity index (χ1n) is 5.78. The average molecular weight is 246 g/mol. The summed E-state index contributed by atoms with van der Waals surface area (Å²) in [6.07, 6.45) is 2.12. The second-order valence-electron chi connectivity index (χ2n) is 4.55.